The largest absolute Gasteiger partial charge is 0.489 e. The highest BCUT2D eigenvalue weighted by Crippen LogP contribution is 2.41. The van der Waals surface area contributed by atoms with E-state index in [2.05, 4.69) is 25.8 Å². The number of rotatable bonds is 4. The van der Waals surface area contributed by atoms with Gasteiger partial charge in [0.2, 0.25) is 5.91 Å². The molecule has 11 nitrogen and oxygen atoms in total. The van der Waals surface area contributed by atoms with Crippen molar-refractivity contribution in [3.8, 4) is 28.4 Å². The predicted molar refractivity (Wildman–Crippen MR) is 108 cm³/mol. The molecule has 1 N–H and O–H groups in total. The maximum absolute atomic E-state index is 12.5. The Kier molecular flexibility index (Phi) is 4.50. The van der Waals surface area contributed by atoms with Crippen molar-refractivity contribution in [2.45, 2.75) is 19.1 Å². The van der Waals surface area contributed by atoms with Crippen molar-refractivity contribution in [1.29, 1.82) is 0 Å². The number of hydrogen-bond donors (Lipinski definition) is 1. The van der Waals surface area contributed by atoms with E-state index in [1.54, 1.807) is 22.8 Å². The van der Waals surface area contributed by atoms with Gasteiger partial charge >= 0.3 is 6.09 Å². The average Bonchev–Trinajstić information content (AvgIpc) is 3.35. The minimum Gasteiger partial charge on any atom is -0.489 e. The number of nitrogens with zero attached hydrogens (tertiary/aromatic N) is 6. The van der Waals surface area contributed by atoms with Crippen LogP contribution in [0.25, 0.3) is 22.6 Å². The van der Waals surface area contributed by atoms with Gasteiger partial charge in [-0.15, -0.1) is 5.10 Å². The van der Waals surface area contributed by atoms with Gasteiger partial charge in [-0.05, 0) is 34.2 Å². The third-order valence-electron chi connectivity index (χ3n) is 5.34. The molecule has 2 amide bonds. The van der Waals surface area contributed by atoms with Crippen molar-refractivity contribution >= 4 is 17.7 Å². The van der Waals surface area contributed by atoms with Gasteiger partial charge in [-0.3, -0.25) is 14.7 Å². The quantitative estimate of drug-likeness (QED) is 0.666. The number of benzene rings is 1. The second kappa shape index (κ2) is 7.35. The number of carbonyl (C=O) groups is 2. The fourth-order valence-electron chi connectivity index (χ4n) is 3.77. The first-order valence-electron chi connectivity index (χ1n) is 9.71. The molecule has 2 atom stereocenters. The lowest BCUT2D eigenvalue weighted by Gasteiger charge is -2.31. The number of pyridine rings is 1. The van der Waals surface area contributed by atoms with E-state index in [0.717, 1.165) is 11.1 Å². The number of carbonyl (C=O) groups excluding carboxylic acids is 2. The highest BCUT2D eigenvalue weighted by atomic mass is 16.6. The van der Waals surface area contributed by atoms with E-state index >= 15 is 0 Å². The number of anilines is 1. The van der Waals surface area contributed by atoms with Crippen LogP contribution in [0, 0.1) is 0 Å². The Morgan fingerprint density at radius 1 is 1.26 bits per heavy atom. The summed E-state index contributed by atoms with van der Waals surface area (Å²) in [5.74, 6) is 0.992. The third kappa shape index (κ3) is 3.33. The Balaban J connectivity index is 1.39. The molecule has 2 aliphatic heterocycles. The van der Waals surface area contributed by atoms with Crippen LogP contribution in [0.4, 0.5) is 10.5 Å². The number of aromatic nitrogens is 5. The molecule has 0 unspecified atom stereocenters. The van der Waals surface area contributed by atoms with Gasteiger partial charge < -0.3 is 14.8 Å². The molecule has 2 aliphatic rings. The van der Waals surface area contributed by atoms with Crippen LogP contribution in [-0.4, -0.2) is 62.5 Å². The van der Waals surface area contributed by atoms with Crippen molar-refractivity contribution in [2.75, 3.05) is 18.1 Å². The van der Waals surface area contributed by atoms with Crippen molar-refractivity contribution in [2.24, 2.45) is 7.05 Å². The minimum absolute atomic E-state index is 0.175. The zero-order valence-electron chi connectivity index (χ0n) is 16.8. The first-order valence-corrected chi connectivity index (χ1v) is 9.71. The summed E-state index contributed by atoms with van der Waals surface area (Å²) in [6, 6.07) is 9.10. The molecule has 2 aromatic heterocycles. The fourth-order valence-corrected chi connectivity index (χ4v) is 3.77. The molecule has 4 heterocycles. The summed E-state index contributed by atoms with van der Waals surface area (Å²) >= 11 is 0. The molecule has 31 heavy (non-hydrogen) atoms. The number of ether oxygens (including phenoxy) is 2. The Bertz CT molecular complexity index is 1160. The number of aryl methyl sites for hydroxylation is 1. The molecular weight excluding hydrogens is 402 g/mol. The smallest absolute Gasteiger partial charge is 0.415 e. The van der Waals surface area contributed by atoms with Gasteiger partial charge in [0.05, 0.1) is 12.2 Å². The average molecular weight is 421 g/mol. The second-order valence-electron chi connectivity index (χ2n) is 7.35. The van der Waals surface area contributed by atoms with Crippen LogP contribution >= 0.6 is 0 Å². The maximum atomic E-state index is 12.5. The zero-order valence-corrected chi connectivity index (χ0v) is 16.8. The molecular formula is C20H19N7O4. The summed E-state index contributed by atoms with van der Waals surface area (Å²) in [5.41, 5.74) is 3.10. The Hall–Kier alpha value is -4.02. The molecule has 0 spiro atoms. The van der Waals surface area contributed by atoms with Crippen LogP contribution in [-0.2, 0) is 16.6 Å². The molecule has 0 bridgehead atoms. The zero-order chi connectivity index (χ0) is 21.5. The summed E-state index contributed by atoms with van der Waals surface area (Å²) in [6.07, 6.45) is 0.835. The lowest BCUT2D eigenvalue weighted by molar-refractivity contribution is -0.119. The molecule has 1 aromatic carbocycles. The van der Waals surface area contributed by atoms with Gasteiger partial charge in [-0.1, -0.05) is 12.1 Å². The Morgan fingerprint density at radius 3 is 2.81 bits per heavy atom. The van der Waals surface area contributed by atoms with Gasteiger partial charge in [-0.2, -0.15) is 0 Å². The van der Waals surface area contributed by atoms with Gasteiger partial charge in [0.15, 0.2) is 5.82 Å². The van der Waals surface area contributed by atoms with Crippen LogP contribution in [0.3, 0.4) is 0 Å². The number of hydrogen-bond acceptors (Lipinski definition) is 8. The van der Waals surface area contributed by atoms with Gasteiger partial charge in [0.25, 0.3) is 0 Å². The Morgan fingerprint density at radius 2 is 2.10 bits per heavy atom. The fraction of sp³-hybridized carbons (Fsp3) is 0.300. The van der Waals surface area contributed by atoms with Crippen LogP contribution < -0.4 is 15.0 Å². The maximum Gasteiger partial charge on any atom is 0.415 e. The minimum atomic E-state index is -0.462. The lowest BCUT2D eigenvalue weighted by Crippen LogP contribution is -2.47. The third-order valence-corrected chi connectivity index (χ3v) is 5.34. The normalized spacial score (nSPS) is 19.3. The summed E-state index contributed by atoms with van der Waals surface area (Å²) < 4.78 is 13.0. The standard InChI is InChI=1S/C20H19N7O4/c1-11(28)21-9-18-16-10-30-17-7-12(4-6-15(17)27(16)20(29)31-18)13-3-5-14(22-8-13)19-23-24-25-26(19)2/h3-8,16,18H,9-10H2,1-2H3,(H,21,28)/t16-,18-/m0/s1. The number of tetrazole rings is 1. The summed E-state index contributed by atoms with van der Waals surface area (Å²) in [7, 11) is 1.75. The number of nitrogens with one attached hydrogen (secondary N) is 1. The van der Waals surface area contributed by atoms with Crippen molar-refractivity contribution in [3.63, 3.8) is 0 Å². The molecule has 1 saturated heterocycles. The molecule has 5 rings (SSSR count). The van der Waals surface area contributed by atoms with E-state index in [1.807, 2.05) is 30.3 Å². The number of amides is 2. The first-order chi connectivity index (χ1) is 15.0. The van der Waals surface area contributed by atoms with E-state index in [9.17, 15) is 9.59 Å². The molecule has 1 fully saturated rings. The van der Waals surface area contributed by atoms with Crippen LogP contribution in [0.5, 0.6) is 5.75 Å². The van der Waals surface area contributed by atoms with Crippen molar-refractivity contribution in [3.05, 3.63) is 36.5 Å². The second-order valence-corrected chi connectivity index (χ2v) is 7.35. The molecule has 0 aliphatic carbocycles. The topological polar surface area (TPSA) is 124 Å². The Labute approximate surface area is 177 Å². The van der Waals surface area contributed by atoms with Crippen LogP contribution in [0.1, 0.15) is 6.92 Å². The van der Waals surface area contributed by atoms with E-state index in [0.29, 0.717) is 23.0 Å². The summed E-state index contributed by atoms with van der Waals surface area (Å²) in [5, 5.41) is 14.1. The van der Waals surface area contributed by atoms with E-state index in [1.165, 1.54) is 6.92 Å². The SMILES string of the molecule is CC(=O)NC[C@@H]1OC(=O)N2c3ccc(-c4ccc(-c5nnnn5C)nc4)cc3OC[C@@H]12. The van der Waals surface area contributed by atoms with Gasteiger partial charge in [0, 0.05) is 25.7 Å². The molecule has 0 radical (unpaired) electrons. The van der Waals surface area contributed by atoms with E-state index < -0.39 is 12.2 Å². The predicted octanol–water partition coefficient (Wildman–Crippen LogP) is 1.16. The molecule has 158 valence electrons. The van der Waals surface area contributed by atoms with Gasteiger partial charge in [0.1, 0.15) is 30.2 Å². The van der Waals surface area contributed by atoms with Crippen LogP contribution in [0.15, 0.2) is 36.5 Å². The number of fused-ring (bicyclic) bond motifs is 3. The highest BCUT2D eigenvalue weighted by molar-refractivity contribution is 5.94. The van der Waals surface area contributed by atoms with Crippen molar-refractivity contribution < 1.29 is 19.1 Å². The number of cyclic esters (lactones) is 1. The monoisotopic (exact) mass is 421 g/mol. The lowest BCUT2D eigenvalue weighted by atomic mass is 10.0. The highest BCUT2D eigenvalue weighted by Gasteiger charge is 2.46. The van der Waals surface area contributed by atoms with Crippen LogP contribution in [0.2, 0.25) is 0 Å². The van der Waals surface area contributed by atoms with E-state index in [4.69, 9.17) is 9.47 Å². The van der Waals surface area contributed by atoms with Crippen molar-refractivity contribution in [1.82, 2.24) is 30.5 Å². The van der Waals surface area contributed by atoms with Gasteiger partial charge in [-0.25, -0.2) is 9.48 Å². The van der Waals surface area contributed by atoms with E-state index in [-0.39, 0.29) is 25.1 Å². The molecule has 0 saturated carbocycles. The molecule has 3 aromatic rings. The molecule has 11 heteroatoms. The summed E-state index contributed by atoms with van der Waals surface area (Å²) in [4.78, 5) is 29.7. The first kappa shape index (κ1) is 19.0. The summed E-state index contributed by atoms with van der Waals surface area (Å²) in [6.45, 7) is 1.95.